The molecule has 0 aliphatic heterocycles. The van der Waals surface area contributed by atoms with E-state index in [0.29, 0.717) is 5.69 Å². The fourth-order valence-electron chi connectivity index (χ4n) is 2.22. The lowest BCUT2D eigenvalue weighted by molar-refractivity contribution is -0.270. The van der Waals surface area contributed by atoms with Crippen LogP contribution in [0.25, 0.3) is 0 Å². The number of aromatic nitrogens is 4. The molecule has 2 rings (SSSR count). The summed E-state index contributed by atoms with van der Waals surface area (Å²) in [6.45, 7) is 1.68. The minimum Gasteiger partial charge on any atom is -0.374 e. The van der Waals surface area contributed by atoms with E-state index < -0.39 is 29.9 Å². The van der Waals surface area contributed by atoms with Gasteiger partial charge in [-0.3, -0.25) is 9.48 Å². The van der Waals surface area contributed by atoms with Gasteiger partial charge in [-0.25, -0.2) is 4.98 Å². The number of carbonyl (C=O) groups is 1. The molecule has 0 aromatic carbocycles. The second-order valence-electron chi connectivity index (χ2n) is 5.24. The SMILES string of the molecule is Cc1cc(NC(=O)CC(O)(c2nccn2C)C(F)(F)F)n(C)n1. The zero-order valence-electron chi connectivity index (χ0n) is 12.7. The van der Waals surface area contributed by atoms with Gasteiger partial charge in [-0.2, -0.15) is 18.3 Å². The van der Waals surface area contributed by atoms with Crippen LogP contribution in [0.3, 0.4) is 0 Å². The van der Waals surface area contributed by atoms with Gasteiger partial charge in [0.25, 0.3) is 0 Å². The number of anilines is 1. The van der Waals surface area contributed by atoms with Crippen molar-refractivity contribution in [1.82, 2.24) is 19.3 Å². The van der Waals surface area contributed by atoms with E-state index in [1.54, 1.807) is 6.92 Å². The minimum atomic E-state index is -5.06. The lowest BCUT2D eigenvalue weighted by Gasteiger charge is -2.29. The first kappa shape index (κ1) is 17.0. The van der Waals surface area contributed by atoms with Crippen molar-refractivity contribution in [2.24, 2.45) is 14.1 Å². The number of nitrogens with zero attached hydrogens (tertiary/aromatic N) is 4. The van der Waals surface area contributed by atoms with E-state index in [0.717, 1.165) is 10.8 Å². The average molecular weight is 331 g/mol. The van der Waals surface area contributed by atoms with Crippen molar-refractivity contribution in [3.63, 3.8) is 0 Å². The summed E-state index contributed by atoms with van der Waals surface area (Å²) in [5.74, 6) is -1.42. The number of hydrogen-bond donors (Lipinski definition) is 2. The molecule has 10 heteroatoms. The molecule has 0 aliphatic rings. The van der Waals surface area contributed by atoms with Crippen LogP contribution >= 0.6 is 0 Å². The molecule has 0 saturated carbocycles. The van der Waals surface area contributed by atoms with Crippen LogP contribution in [0.5, 0.6) is 0 Å². The van der Waals surface area contributed by atoms with Crippen LogP contribution in [0.4, 0.5) is 19.0 Å². The summed E-state index contributed by atoms with van der Waals surface area (Å²) in [5.41, 5.74) is -2.79. The largest absolute Gasteiger partial charge is 0.425 e. The van der Waals surface area contributed by atoms with E-state index in [2.05, 4.69) is 15.4 Å². The Morgan fingerprint density at radius 2 is 2.04 bits per heavy atom. The molecular formula is C13H16F3N5O2. The molecule has 0 aliphatic carbocycles. The van der Waals surface area contributed by atoms with Crippen LogP contribution in [0.1, 0.15) is 17.9 Å². The quantitative estimate of drug-likeness (QED) is 0.883. The fraction of sp³-hybridized carbons (Fsp3) is 0.462. The number of alkyl halides is 3. The van der Waals surface area contributed by atoms with Gasteiger partial charge in [0.15, 0.2) is 5.82 Å². The molecule has 2 aromatic rings. The summed E-state index contributed by atoms with van der Waals surface area (Å²) < 4.78 is 42.3. The molecule has 2 heterocycles. The van der Waals surface area contributed by atoms with Gasteiger partial charge in [-0.1, -0.05) is 0 Å². The van der Waals surface area contributed by atoms with Gasteiger partial charge in [-0.15, -0.1) is 0 Å². The maximum atomic E-state index is 13.3. The van der Waals surface area contributed by atoms with E-state index >= 15 is 0 Å². The zero-order valence-corrected chi connectivity index (χ0v) is 12.7. The lowest BCUT2D eigenvalue weighted by Crippen LogP contribution is -2.47. The molecule has 1 amide bonds. The van der Waals surface area contributed by atoms with Crippen molar-refractivity contribution >= 4 is 11.7 Å². The molecule has 1 unspecified atom stereocenters. The molecule has 2 aromatic heterocycles. The van der Waals surface area contributed by atoms with E-state index in [4.69, 9.17) is 0 Å². The Morgan fingerprint density at radius 1 is 1.39 bits per heavy atom. The van der Waals surface area contributed by atoms with Crippen LogP contribution in [-0.2, 0) is 24.5 Å². The second-order valence-corrected chi connectivity index (χ2v) is 5.24. The molecule has 0 bridgehead atoms. The monoisotopic (exact) mass is 331 g/mol. The number of nitrogens with one attached hydrogen (secondary N) is 1. The van der Waals surface area contributed by atoms with Gasteiger partial charge < -0.3 is 15.0 Å². The van der Waals surface area contributed by atoms with Crippen LogP contribution in [0, 0.1) is 6.92 Å². The van der Waals surface area contributed by atoms with E-state index in [1.807, 2.05) is 0 Å². The highest BCUT2D eigenvalue weighted by molar-refractivity contribution is 5.90. The van der Waals surface area contributed by atoms with Crippen LogP contribution in [0.2, 0.25) is 0 Å². The minimum absolute atomic E-state index is 0.233. The first-order valence-corrected chi connectivity index (χ1v) is 6.62. The third-order valence-electron chi connectivity index (χ3n) is 3.35. The fourth-order valence-corrected chi connectivity index (χ4v) is 2.22. The Bertz CT molecular complexity index is 722. The van der Waals surface area contributed by atoms with Crippen molar-refractivity contribution < 1.29 is 23.1 Å². The van der Waals surface area contributed by atoms with Gasteiger partial charge in [0.2, 0.25) is 11.5 Å². The number of amides is 1. The highest BCUT2D eigenvalue weighted by Crippen LogP contribution is 2.40. The number of rotatable bonds is 4. The van der Waals surface area contributed by atoms with Gasteiger partial charge in [0.05, 0.1) is 12.1 Å². The highest BCUT2D eigenvalue weighted by Gasteiger charge is 2.58. The van der Waals surface area contributed by atoms with Crippen molar-refractivity contribution in [2.45, 2.75) is 25.1 Å². The van der Waals surface area contributed by atoms with Gasteiger partial charge in [0.1, 0.15) is 5.82 Å². The molecule has 1 atom stereocenters. The van der Waals surface area contributed by atoms with Crippen molar-refractivity contribution in [2.75, 3.05) is 5.32 Å². The molecule has 0 radical (unpaired) electrons. The molecule has 0 fully saturated rings. The number of carbonyl (C=O) groups excluding carboxylic acids is 1. The molecule has 126 valence electrons. The van der Waals surface area contributed by atoms with Gasteiger partial charge in [0, 0.05) is 32.6 Å². The average Bonchev–Trinajstić information content (AvgIpc) is 2.94. The summed E-state index contributed by atoms with van der Waals surface area (Å²) >= 11 is 0. The third kappa shape index (κ3) is 3.21. The van der Waals surface area contributed by atoms with Crippen molar-refractivity contribution in [1.29, 1.82) is 0 Å². The zero-order chi connectivity index (χ0) is 17.4. The summed E-state index contributed by atoms with van der Waals surface area (Å²) in [6.07, 6.45) is -3.90. The predicted molar refractivity (Wildman–Crippen MR) is 74.4 cm³/mol. The van der Waals surface area contributed by atoms with Gasteiger partial charge >= 0.3 is 6.18 Å². The standard InChI is InChI=1S/C13H16F3N5O2/c1-8-6-9(21(3)19-8)18-10(22)7-12(23,13(14,15)16)11-17-4-5-20(11)2/h4-6,23H,7H2,1-3H3,(H,18,22). The first-order valence-electron chi connectivity index (χ1n) is 6.62. The predicted octanol–water partition coefficient (Wildman–Crippen LogP) is 1.24. The van der Waals surface area contributed by atoms with Gasteiger partial charge in [-0.05, 0) is 6.92 Å². The second kappa shape index (κ2) is 5.69. The van der Waals surface area contributed by atoms with Crippen molar-refractivity contribution in [3.05, 3.63) is 30.0 Å². The molecule has 0 saturated heterocycles. The third-order valence-corrected chi connectivity index (χ3v) is 3.35. The Hall–Kier alpha value is -2.36. The molecular weight excluding hydrogens is 315 g/mol. The summed E-state index contributed by atoms with van der Waals surface area (Å²) in [7, 11) is 2.85. The van der Waals surface area contributed by atoms with E-state index in [9.17, 15) is 23.1 Å². The van der Waals surface area contributed by atoms with Crippen molar-refractivity contribution in [3.8, 4) is 0 Å². The Labute approximate surface area is 129 Å². The van der Waals surface area contributed by atoms with E-state index in [1.165, 1.54) is 31.0 Å². The number of hydrogen-bond acceptors (Lipinski definition) is 4. The summed E-state index contributed by atoms with van der Waals surface area (Å²) in [6, 6.07) is 1.51. The van der Waals surface area contributed by atoms with Crippen LogP contribution < -0.4 is 5.32 Å². The Kier molecular flexibility index (Phi) is 4.20. The van der Waals surface area contributed by atoms with E-state index in [-0.39, 0.29) is 5.82 Å². The smallest absolute Gasteiger partial charge is 0.374 e. The maximum absolute atomic E-state index is 13.3. The number of aryl methyl sites for hydroxylation is 3. The highest BCUT2D eigenvalue weighted by atomic mass is 19.4. The Morgan fingerprint density at radius 3 is 2.48 bits per heavy atom. The summed E-state index contributed by atoms with van der Waals surface area (Å²) in [5, 5.41) is 16.4. The lowest BCUT2D eigenvalue weighted by atomic mass is 9.97. The number of imidazole rings is 1. The molecule has 7 nitrogen and oxygen atoms in total. The molecule has 0 spiro atoms. The van der Waals surface area contributed by atoms with Crippen LogP contribution in [-0.4, -0.2) is 36.5 Å². The molecule has 23 heavy (non-hydrogen) atoms. The summed E-state index contributed by atoms with van der Waals surface area (Å²) in [4.78, 5) is 15.5. The maximum Gasteiger partial charge on any atom is 0.425 e. The first-order chi connectivity index (χ1) is 10.5. The number of aliphatic hydroxyl groups is 1. The molecule has 2 N–H and O–H groups in total. The Balaban J connectivity index is 2.27. The number of halogens is 3. The van der Waals surface area contributed by atoms with Crippen LogP contribution in [0.15, 0.2) is 18.5 Å². The normalized spacial score (nSPS) is 14.6. The topological polar surface area (TPSA) is 85.0 Å².